The molecular formula is C29H37F2N7O3S. The molecule has 3 aromatic rings. The third-order valence-corrected chi connectivity index (χ3v) is 10.7. The number of piperidine rings is 2. The topological polar surface area (TPSA) is 116 Å². The van der Waals surface area contributed by atoms with Crippen LogP contribution >= 0.6 is 0 Å². The van der Waals surface area contributed by atoms with Crippen molar-refractivity contribution in [2.24, 2.45) is 5.41 Å². The highest BCUT2D eigenvalue weighted by atomic mass is 32.2. The maximum Gasteiger partial charge on any atom is 0.251 e. The Balaban J connectivity index is 1.31. The van der Waals surface area contributed by atoms with Gasteiger partial charge in [-0.2, -0.15) is 0 Å². The number of rotatable bonds is 8. The molecule has 0 bridgehead atoms. The average Bonchev–Trinajstić information content (AvgIpc) is 3.52. The van der Waals surface area contributed by atoms with Crippen LogP contribution in [0.4, 0.5) is 26.0 Å². The van der Waals surface area contributed by atoms with Crippen LogP contribution in [-0.4, -0.2) is 77.5 Å². The molecule has 0 radical (unpaired) electrons. The van der Waals surface area contributed by atoms with Crippen LogP contribution in [0.25, 0.3) is 16.9 Å². The van der Waals surface area contributed by atoms with Crippen LogP contribution < -0.4 is 14.5 Å². The van der Waals surface area contributed by atoms with E-state index in [0.29, 0.717) is 22.6 Å². The SMILES string of the molecule is Cc1cc(-n2cc(-c3ccc(NS(=O)(=O)[C@@H](C)CO)cc3N3CCC4(CC3)CC4)nn2)cc(N2CCC(F)(F)CC2)n1. The van der Waals surface area contributed by atoms with Crippen molar-refractivity contribution in [3.8, 4) is 16.9 Å². The van der Waals surface area contributed by atoms with Gasteiger partial charge in [-0.1, -0.05) is 5.21 Å². The summed E-state index contributed by atoms with van der Waals surface area (Å²) >= 11 is 0. The fourth-order valence-electron chi connectivity index (χ4n) is 5.84. The van der Waals surface area contributed by atoms with Gasteiger partial charge in [0.15, 0.2) is 0 Å². The summed E-state index contributed by atoms with van der Waals surface area (Å²) in [6, 6.07) is 9.11. The number of sulfonamides is 1. The van der Waals surface area contributed by atoms with Gasteiger partial charge >= 0.3 is 0 Å². The smallest absolute Gasteiger partial charge is 0.251 e. The minimum atomic E-state index is -3.76. The molecule has 1 aliphatic carbocycles. The van der Waals surface area contributed by atoms with Crippen molar-refractivity contribution >= 4 is 27.2 Å². The van der Waals surface area contributed by atoms with E-state index in [4.69, 9.17) is 0 Å². The van der Waals surface area contributed by atoms with Gasteiger partial charge in [0.25, 0.3) is 5.92 Å². The average molecular weight is 602 g/mol. The van der Waals surface area contributed by atoms with E-state index in [2.05, 4.69) is 24.9 Å². The number of hydrogen-bond acceptors (Lipinski definition) is 8. The summed E-state index contributed by atoms with van der Waals surface area (Å²) in [5, 5.41) is 17.3. The Hall–Kier alpha value is -3.32. The fraction of sp³-hybridized carbons (Fsp3) is 0.552. The number of aromatic nitrogens is 4. The molecule has 1 saturated carbocycles. The molecule has 1 atom stereocenters. The van der Waals surface area contributed by atoms with Gasteiger partial charge in [0, 0.05) is 62.0 Å². The number of halogens is 2. The molecule has 1 spiro atoms. The Morgan fingerprint density at radius 2 is 1.69 bits per heavy atom. The summed E-state index contributed by atoms with van der Waals surface area (Å²) in [6.45, 7) is 5.05. The van der Waals surface area contributed by atoms with Gasteiger partial charge in [-0.15, -0.1) is 5.10 Å². The molecule has 1 aromatic carbocycles. The molecule has 0 unspecified atom stereocenters. The molecule has 10 nitrogen and oxygen atoms in total. The number of nitrogens with one attached hydrogen (secondary N) is 1. The third-order valence-electron chi connectivity index (χ3n) is 8.94. The Morgan fingerprint density at radius 1 is 1.00 bits per heavy atom. The van der Waals surface area contributed by atoms with E-state index in [1.807, 2.05) is 42.3 Å². The summed E-state index contributed by atoms with van der Waals surface area (Å²) in [5.74, 6) is -2.00. The van der Waals surface area contributed by atoms with Crippen molar-refractivity contribution in [3.05, 3.63) is 42.2 Å². The van der Waals surface area contributed by atoms with Crippen molar-refractivity contribution in [3.63, 3.8) is 0 Å². The zero-order chi connectivity index (χ0) is 29.7. The molecule has 226 valence electrons. The molecule has 4 heterocycles. The summed E-state index contributed by atoms with van der Waals surface area (Å²) in [6.07, 6.45) is 6.16. The maximum absolute atomic E-state index is 13.7. The molecule has 42 heavy (non-hydrogen) atoms. The van der Waals surface area contributed by atoms with Crippen LogP contribution in [0.15, 0.2) is 36.5 Å². The van der Waals surface area contributed by atoms with Crippen LogP contribution in [0, 0.1) is 12.3 Å². The molecule has 2 aromatic heterocycles. The summed E-state index contributed by atoms with van der Waals surface area (Å²) < 4.78 is 57.1. The van der Waals surface area contributed by atoms with Gasteiger partial charge in [0.05, 0.1) is 24.2 Å². The van der Waals surface area contributed by atoms with E-state index in [9.17, 15) is 22.3 Å². The maximum atomic E-state index is 13.7. The van der Waals surface area contributed by atoms with Crippen molar-refractivity contribution in [2.75, 3.05) is 47.3 Å². The van der Waals surface area contributed by atoms with Gasteiger partial charge in [-0.25, -0.2) is 26.9 Å². The van der Waals surface area contributed by atoms with Gasteiger partial charge < -0.3 is 14.9 Å². The number of aliphatic hydroxyl groups excluding tert-OH is 1. The Kier molecular flexibility index (Phi) is 7.37. The first-order valence-corrected chi connectivity index (χ1v) is 16.1. The van der Waals surface area contributed by atoms with Crippen molar-refractivity contribution in [1.29, 1.82) is 0 Å². The number of anilines is 3. The number of aryl methyl sites for hydroxylation is 1. The second kappa shape index (κ2) is 10.7. The number of hydrogen-bond donors (Lipinski definition) is 2. The van der Waals surface area contributed by atoms with Gasteiger partial charge in [-0.3, -0.25) is 4.72 Å². The largest absolute Gasteiger partial charge is 0.395 e. The van der Waals surface area contributed by atoms with Crippen molar-refractivity contribution < 1.29 is 22.3 Å². The monoisotopic (exact) mass is 601 g/mol. The summed E-state index contributed by atoms with van der Waals surface area (Å²) in [5.41, 5.74) is 4.69. The lowest BCUT2D eigenvalue weighted by atomic mass is 9.93. The zero-order valence-corrected chi connectivity index (χ0v) is 24.7. The Labute approximate surface area is 244 Å². The van der Waals surface area contributed by atoms with Gasteiger partial charge in [0.1, 0.15) is 16.8 Å². The lowest BCUT2D eigenvalue weighted by molar-refractivity contribution is -0.0221. The van der Waals surface area contributed by atoms with E-state index < -0.39 is 27.8 Å². The fourth-order valence-corrected chi connectivity index (χ4v) is 6.69. The van der Waals surface area contributed by atoms with Crippen LogP contribution in [-0.2, 0) is 10.0 Å². The van der Waals surface area contributed by atoms with Crippen LogP contribution in [0.5, 0.6) is 0 Å². The predicted octanol–water partition coefficient (Wildman–Crippen LogP) is 4.38. The minimum Gasteiger partial charge on any atom is -0.395 e. The molecule has 2 N–H and O–H groups in total. The van der Waals surface area contributed by atoms with Gasteiger partial charge in [0.2, 0.25) is 10.0 Å². The normalized spacial score (nSPS) is 20.5. The number of aliphatic hydroxyl groups is 1. The quantitative estimate of drug-likeness (QED) is 0.391. The Morgan fingerprint density at radius 3 is 2.36 bits per heavy atom. The second-order valence-electron chi connectivity index (χ2n) is 12.1. The van der Waals surface area contributed by atoms with Crippen molar-refractivity contribution in [1.82, 2.24) is 20.0 Å². The van der Waals surface area contributed by atoms with Gasteiger partial charge in [-0.05, 0) is 69.2 Å². The van der Waals surface area contributed by atoms with Crippen LogP contribution in [0.3, 0.4) is 0 Å². The molecule has 3 fully saturated rings. The predicted molar refractivity (Wildman–Crippen MR) is 158 cm³/mol. The van der Waals surface area contributed by atoms with E-state index in [-0.39, 0.29) is 25.9 Å². The highest BCUT2D eigenvalue weighted by Gasteiger charge is 2.44. The van der Waals surface area contributed by atoms with E-state index in [1.54, 1.807) is 10.7 Å². The summed E-state index contributed by atoms with van der Waals surface area (Å²) in [4.78, 5) is 8.75. The number of benzene rings is 1. The first-order valence-electron chi connectivity index (χ1n) is 14.5. The lowest BCUT2D eigenvalue weighted by Gasteiger charge is -2.35. The molecule has 2 aliphatic heterocycles. The molecule has 3 aliphatic rings. The molecule has 6 rings (SSSR count). The number of nitrogens with zero attached hydrogens (tertiary/aromatic N) is 6. The lowest BCUT2D eigenvalue weighted by Crippen LogP contribution is -2.39. The molecule has 2 saturated heterocycles. The first kappa shape index (κ1) is 28.8. The Bertz CT molecular complexity index is 1550. The molecule has 0 amide bonds. The van der Waals surface area contributed by atoms with E-state index in [1.165, 1.54) is 19.8 Å². The van der Waals surface area contributed by atoms with Crippen LogP contribution in [0.1, 0.15) is 51.1 Å². The highest BCUT2D eigenvalue weighted by molar-refractivity contribution is 7.93. The third kappa shape index (κ3) is 5.94. The highest BCUT2D eigenvalue weighted by Crippen LogP contribution is 2.54. The number of alkyl halides is 2. The molecular weight excluding hydrogens is 564 g/mol. The minimum absolute atomic E-state index is 0.198. The summed E-state index contributed by atoms with van der Waals surface area (Å²) in [7, 11) is -3.76. The van der Waals surface area contributed by atoms with Crippen LogP contribution in [0.2, 0.25) is 0 Å². The first-order chi connectivity index (χ1) is 20.0. The number of pyridine rings is 1. The van der Waals surface area contributed by atoms with E-state index >= 15 is 0 Å². The van der Waals surface area contributed by atoms with Crippen molar-refractivity contribution in [2.45, 2.75) is 63.5 Å². The zero-order valence-electron chi connectivity index (χ0n) is 23.9. The molecule has 13 heteroatoms. The van der Waals surface area contributed by atoms with E-state index in [0.717, 1.165) is 48.6 Å². The second-order valence-corrected chi connectivity index (χ2v) is 14.2. The standard InChI is InChI=1S/C29H37F2N7O3S/c1-20-15-23(17-27(32-20)37-13-9-29(30,31)10-14-37)38-18-25(33-35-38)24-4-3-22(34-42(40,41)21(2)19-39)16-26(24)36-11-7-28(5-6-28)8-12-36/h3-4,15-18,21,34,39H,5-14,19H2,1-2H3/t21-/m0/s1.